The molecule has 5 aromatic carbocycles. The Morgan fingerprint density at radius 3 is 2.19 bits per heavy atom. The standard InChI is InChI=1S/C36H29N2O.C11H8N.Ir/c1-21-20-37-32(19-31(21)26-12-11-25-18-27(36(3,4)5)15-13-24(25)17-26)30-8-6-7-28-29-16-14-23-10-9-22(2)38-33(23)35(29)39-34(28)30;1-2-6-10(7-3-1)11-8-4-5-9-12-11;/h6-7,9-20H,1-5H3;1-6,8-9H;/q2*-1;. The van der Waals surface area contributed by atoms with Crippen molar-refractivity contribution in [2.24, 2.45) is 0 Å². The van der Waals surface area contributed by atoms with E-state index in [-0.39, 0.29) is 25.5 Å². The summed E-state index contributed by atoms with van der Waals surface area (Å²) in [4.78, 5) is 13.8. The fraction of sp³-hybridized carbons (Fsp3) is 0.128. The number of hydrogen-bond donors (Lipinski definition) is 0. The molecule has 4 aromatic heterocycles. The molecule has 1 radical (unpaired) electrons. The fourth-order valence-electron chi connectivity index (χ4n) is 6.60. The van der Waals surface area contributed by atoms with E-state index in [4.69, 9.17) is 14.4 Å². The molecule has 0 fully saturated rings. The van der Waals surface area contributed by atoms with E-state index in [9.17, 15) is 0 Å². The maximum absolute atomic E-state index is 6.54. The first-order valence-corrected chi connectivity index (χ1v) is 17.3. The van der Waals surface area contributed by atoms with Crippen LogP contribution in [0.15, 0.2) is 138 Å². The van der Waals surface area contributed by atoms with Gasteiger partial charge in [0.1, 0.15) is 11.1 Å². The molecule has 0 saturated heterocycles. The molecule has 0 amide bonds. The Kier molecular flexibility index (Phi) is 9.59. The van der Waals surface area contributed by atoms with Crippen LogP contribution in [0.2, 0.25) is 0 Å². The van der Waals surface area contributed by atoms with Crippen molar-refractivity contribution in [1.29, 1.82) is 0 Å². The van der Waals surface area contributed by atoms with Crippen LogP contribution >= 0.6 is 0 Å². The van der Waals surface area contributed by atoms with Crippen molar-refractivity contribution in [2.45, 2.75) is 40.0 Å². The maximum Gasteiger partial charge on any atom is 0.147 e. The second kappa shape index (κ2) is 14.3. The molecule has 0 bridgehead atoms. The van der Waals surface area contributed by atoms with Gasteiger partial charge in [-0.25, -0.2) is 4.98 Å². The largest absolute Gasteiger partial charge is 0.498 e. The minimum absolute atomic E-state index is 0. The molecule has 0 spiro atoms. The number of furan rings is 1. The molecular weight excluding hydrogens is 815 g/mol. The van der Waals surface area contributed by atoms with Crippen molar-refractivity contribution in [3.05, 3.63) is 163 Å². The number of aryl methyl sites for hydroxylation is 2. The quantitative estimate of drug-likeness (QED) is 0.166. The van der Waals surface area contributed by atoms with Crippen molar-refractivity contribution >= 4 is 43.6 Å². The van der Waals surface area contributed by atoms with Crippen LogP contribution in [0.25, 0.3) is 77.3 Å². The average Bonchev–Trinajstić information content (AvgIpc) is 3.55. The van der Waals surface area contributed by atoms with Crippen molar-refractivity contribution < 1.29 is 24.5 Å². The molecule has 0 atom stereocenters. The number of pyridine rings is 3. The van der Waals surface area contributed by atoms with E-state index in [1.54, 1.807) is 6.20 Å². The van der Waals surface area contributed by atoms with Gasteiger partial charge >= 0.3 is 0 Å². The van der Waals surface area contributed by atoms with Crippen LogP contribution < -0.4 is 0 Å². The summed E-state index contributed by atoms with van der Waals surface area (Å²) in [6.07, 6.45) is 3.74. The van der Waals surface area contributed by atoms with E-state index in [2.05, 4.69) is 112 Å². The molecule has 9 aromatic rings. The van der Waals surface area contributed by atoms with Crippen LogP contribution in [0.5, 0.6) is 0 Å². The number of fused-ring (bicyclic) bond motifs is 6. The van der Waals surface area contributed by atoms with Crippen molar-refractivity contribution in [2.75, 3.05) is 0 Å². The Morgan fingerprint density at radius 1 is 0.635 bits per heavy atom. The molecule has 257 valence electrons. The third-order valence-corrected chi connectivity index (χ3v) is 9.43. The predicted molar refractivity (Wildman–Crippen MR) is 211 cm³/mol. The van der Waals surface area contributed by atoms with Crippen LogP contribution in [-0.4, -0.2) is 15.0 Å². The smallest absolute Gasteiger partial charge is 0.147 e. The van der Waals surface area contributed by atoms with Gasteiger partial charge in [0.2, 0.25) is 0 Å². The number of aromatic nitrogens is 3. The van der Waals surface area contributed by atoms with Gasteiger partial charge in [-0.15, -0.1) is 54.1 Å². The first-order valence-electron chi connectivity index (χ1n) is 17.3. The number of benzene rings is 5. The minimum Gasteiger partial charge on any atom is -0.498 e. The van der Waals surface area contributed by atoms with Crippen LogP contribution in [-0.2, 0) is 25.5 Å². The molecule has 9 rings (SSSR count). The topological polar surface area (TPSA) is 51.8 Å². The second-order valence-corrected chi connectivity index (χ2v) is 14.1. The summed E-state index contributed by atoms with van der Waals surface area (Å²) in [5.74, 6) is 0. The number of rotatable bonds is 3. The normalized spacial score (nSPS) is 11.4. The Balaban J connectivity index is 0.000000275. The summed E-state index contributed by atoms with van der Waals surface area (Å²) in [5.41, 5.74) is 12.1. The third-order valence-electron chi connectivity index (χ3n) is 9.43. The molecule has 4 nitrogen and oxygen atoms in total. The van der Waals surface area contributed by atoms with E-state index in [0.29, 0.717) is 0 Å². The minimum atomic E-state index is 0. The van der Waals surface area contributed by atoms with Gasteiger partial charge in [0.25, 0.3) is 0 Å². The molecule has 0 unspecified atom stereocenters. The average molecular weight is 852 g/mol. The molecule has 0 aliphatic carbocycles. The molecule has 0 N–H and O–H groups in total. The first kappa shape index (κ1) is 34.9. The second-order valence-electron chi connectivity index (χ2n) is 14.1. The van der Waals surface area contributed by atoms with Crippen LogP contribution in [0.4, 0.5) is 0 Å². The zero-order valence-electron chi connectivity index (χ0n) is 29.8. The summed E-state index contributed by atoms with van der Waals surface area (Å²) in [5, 5.41) is 5.67. The van der Waals surface area contributed by atoms with Gasteiger partial charge in [0.05, 0.1) is 5.58 Å². The molecule has 0 aliphatic rings. The fourth-order valence-corrected chi connectivity index (χ4v) is 6.60. The predicted octanol–water partition coefficient (Wildman–Crippen LogP) is 12.3. The zero-order chi connectivity index (χ0) is 35.1. The van der Waals surface area contributed by atoms with Gasteiger partial charge in [-0.05, 0) is 81.9 Å². The van der Waals surface area contributed by atoms with Gasteiger partial charge in [-0.3, -0.25) is 0 Å². The van der Waals surface area contributed by atoms with Crippen molar-refractivity contribution in [3.63, 3.8) is 0 Å². The SMILES string of the molecule is Cc1ccc2ccc3c4cc[c-]c(-c5cc(-c6ccc7cc(C(C)(C)C)ccc7c6)c(C)cn5)c4oc3c2n1.[Ir].[c-]1ccccc1-c1ccccn1. The molecule has 0 saturated carbocycles. The molecule has 5 heteroatoms. The van der Waals surface area contributed by atoms with E-state index in [1.165, 1.54) is 21.9 Å². The molecular formula is C47H37IrN3O-2. The van der Waals surface area contributed by atoms with Crippen LogP contribution in [0, 0.1) is 26.0 Å². The Hall–Kier alpha value is -5.48. The Labute approximate surface area is 318 Å². The zero-order valence-corrected chi connectivity index (χ0v) is 32.2. The van der Waals surface area contributed by atoms with E-state index in [1.807, 2.05) is 67.7 Å². The summed E-state index contributed by atoms with van der Waals surface area (Å²) in [6.45, 7) is 10.9. The van der Waals surface area contributed by atoms with Crippen LogP contribution in [0.1, 0.15) is 37.6 Å². The van der Waals surface area contributed by atoms with E-state index >= 15 is 0 Å². The van der Waals surface area contributed by atoms with E-state index in [0.717, 1.165) is 72.2 Å². The van der Waals surface area contributed by atoms with Crippen LogP contribution in [0.3, 0.4) is 0 Å². The van der Waals surface area contributed by atoms with Gasteiger partial charge in [-0.2, -0.15) is 0 Å². The maximum atomic E-state index is 6.54. The van der Waals surface area contributed by atoms with Gasteiger partial charge in [0.15, 0.2) is 0 Å². The summed E-state index contributed by atoms with van der Waals surface area (Å²) in [6, 6.07) is 48.3. The first-order chi connectivity index (χ1) is 24.7. The van der Waals surface area contributed by atoms with Gasteiger partial charge in [-0.1, -0.05) is 98.5 Å². The molecule has 4 heterocycles. The van der Waals surface area contributed by atoms with Gasteiger partial charge < -0.3 is 14.4 Å². The molecule has 52 heavy (non-hydrogen) atoms. The summed E-state index contributed by atoms with van der Waals surface area (Å²) in [7, 11) is 0. The van der Waals surface area contributed by atoms with Crippen molar-refractivity contribution in [1.82, 2.24) is 15.0 Å². The summed E-state index contributed by atoms with van der Waals surface area (Å²) >= 11 is 0. The van der Waals surface area contributed by atoms with E-state index < -0.39 is 0 Å². The Morgan fingerprint density at radius 2 is 1.40 bits per heavy atom. The molecule has 0 aliphatic heterocycles. The monoisotopic (exact) mass is 852 g/mol. The third kappa shape index (κ3) is 6.78. The number of hydrogen-bond acceptors (Lipinski definition) is 4. The van der Waals surface area contributed by atoms with Crippen molar-refractivity contribution in [3.8, 4) is 33.6 Å². The van der Waals surface area contributed by atoms with Gasteiger partial charge in [0, 0.05) is 49.0 Å². The summed E-state index contributed by atoms with van der Waals surface area (Å²) < 4.78 is 6.54. The number of nitrogens with zero attached hydrogens (tertiary/aromatic N) is 3. The Bertz CT molecular complexity index is 2660.